The smallest absolute Gasteiger partial charge is 0.234 e. The molecule has 3 heteroatoms. The third-order valence-corrected chi connectivity index (χ3v) is 5.42. The number of carbonyl (C=O) groups excluding carboxylic acids is 1. The van der Waals surface area contributed by atoms with Crippen molar-refractivity contribution in [3.63, 3.8) is 0 Å². The van der Waals surface area contributed by atoms with Crippen molar-refractivity contribution in [2.24, 2.45) is 0 Å². The van der Waals surface area contributed by atoms with Crippen LogP contribution in [0.4, 0.5) is 0 Å². The molecule has 2 aromatic carbocycles. The van der Waals surface area contributed by atoms with Gasteiger partial charge in [0.1, 0.15) is 5.41 Å². The Balaban J connectivity index is 1.74. The molecule has 2 N–H and O–H groups in total. The van der Waals surface area contributed by atoms with E-state index in [2.05, 4.69) is 47.0 Å². The molecule has 0 bridgehead atoms. The maximum absolute atomic E-state index is 13.1. The molecule has 1 saturated carbocycles. The highest BCUT2D eigenvalue weighted by molar-refractivity contribution is 6.00. The van der Waals surface area contributed by atoms with Gasteiger partial charge in [0.15, 0.2) is 0 Å². The SMILES string of the molecule is CNC(=O)C1(CCCNC2CC2)c2ccccc2-c2ccccc21. The predicted molar refractivity (Wildman–Crippen MR) is 97.0 cm³/mol. The summed E-state index contributed by atoms with van der Waals surface area (Å²) in [7, 11) is 1.75. The Kier molecular flexibility index (Phi) is 3.89. The molecule has 1 amide bonds. The Morgan fingerprint density at radius 1 is 1.04 bits per heavy atom. The Bertz CT molecular complexity index is 718. The van der Waals surface area contributed by atoms with Gasteiger partial charge in [-0.25, -0.2) is 0 Å². The molecule has 0 heterocycles. The fourth-order valence-electron chi connectivity index (χ4n) is 4.11. The second-order valence-electron chi connectivity index (χ2n) is 6.91. The van der Waals surface area contributed by atoms with E-state index in [-0.39, 0.29) is 5.91 Å². The van der Waals surface area contributed by atoms with Crippen LogP contribution in [0.25, 0.3) is 11.1 Å². The quantitative estimate of drug-likeness (QED) is 0.802. The molecule has 2 aliphatic carbocycles. The molecule has 124 valence electrons. The molecule has 2 aromatic rings. The fraction of sp³-hybridized carbons (Fsp3) is 0.381. The molecule has 1 fully saturated rings. The van der Waals surface area contributed by atoms with Crippen LogP contribution in [0.1, 0.15) is 36.8 Å². The van der Waals surface area contributed by atoms with Gasteiger partial charge in [0.05, 0.1) is 0 Å². The summed E-state index contributed by atoms with van der Waals surface area (Å²) < 4.78 is 0. The maximum Gasteiger partial charge on any atom is 0.234 e. The number of hydrogen-bond donors (Lipinski definition) is 2. The van der Waals surface area contributed by atoms with Crippen LogP contribution in [0.3, 0.4) is 0 Å². The lowest BCUT2D eigenvalue weighted by atomic mass is 9.73. The largest absolute Gasteiger partial charge is 0.358 e. The van der Waals surface area contributed by atoms with Gasteiger partial charge < -0.3 is 10.6 Å². The van der Waals surface area contributed by atoms with Crippen LogP contribution < -0.4 is 10.6 Å². The zero-order chi connectivity index (χ0) is 16.6. The fourth-order valence-corrected chi connectivity index (χ4v) is 4.11. The molecule has 0 unspecified atom stereocenters. The highest BCUT2D eigenvalue weighted by Crippen LogP contribution is 2.51. The third-order valence-electron chi connectivity index (χ3n) is 5.42. The first-order valence-corrected chi connectivity index (χ1v) is 8.92. The van der Waals surface area contributed by atoms with Crippen LogP contribution in [0.15, 0.2) is 48.5 Å². The van der Waals surface area contributed by atoms with E-state index < -0.39 is 5.41 Å². The normalized spacial score (nSPS) is 17.2. The van der Waals surface area contributed by atoms with E-state index >= 15 is 0 Å². The van der Waals surface area contributed by atoms with Crippen molar-refractivity contribution in [2.75, 3.05) is 13.6 Å². The Morgan fingerprint density at radius 2 is 1.62 bits per heavy atom. The monoisotopic (exact) mass is 320 g/mol. The zero-order valence-electron chi connectivity index (χ0n) is 14.1. The van der Waals surface area contributed by atoms with Crippen LogP contribution in [-0.2, 0) is 10.2 Å². The van der Waals surface area contributed by atoms with Crippen LogP contribution in [0.5, 0.6) is 0 Å². The number of fused-ring (bicyclic) bond motifs is 3. The minimum atomic E-state index is -0.562. The van der Waals surface area contributed by atoms with Crippen molar-refractivity contribution < 1.29 is 4.79 Å². The standard InChI is InChI=1S/C21H24N2O/c1-22-20(24)21(13-6-14-23-15-11-12-15)18-9-4-2-7-16(18)17-8-3-5-10-19(17)21/h2-5,7-10,15,23H,6,11-14H2,1H3,(H,22,24). The summed E-state index contributed by atoms with van der Waals surface area (Å²) in [5.74, 6) is 0.103. The van der Waals surface area contributed by atoms with Crippen molar-refractivity contribution in [1.82, 2.24) is 10.6 Å². The van der Waals surface area contributed by atoms with Gasteiger partial charge >= 0.3 is 0 Å². The molecule has 0 aliphatic heterocycles. The van der Waals surface area contributed by atoms with Crippen LogP contribution in [0.2, 0.25) is 0 Å². The van der Waals surface area contributed by atoms with Crippen molar-refractivity contribution in [2.45, 2.75) is 37.1 Å². The van der Waals surface area contributed by atoms with Crippen molar-refractivity contribution in [1.29, 1.82) is 0 Å². The van der Waals surface area contributed by atoms with Gasteiger partial charge in [-0.2, -0.15) is 0 Å². The van der Waals surface area contributed by atoms with Gasteiger partial charge in [0.2, 0.25) is 5.91 Å². The maximum atomic E-state index is 13.1. The van der Waals surface area contributed by atoms with E-state index in [9.17, 15) is 4.79 Å². The van der Waals surface area contributed by atoms with E-state index in [4.69, 9.17) is 0 Å². The third kappa shape index (κ3) is 2.35. The summed E-state index contributed by atoms with van der Waals surface area (Å²) in [6.45, 7) is 0.980. The first-order chi connectivity index (χ1) is 11.8. The van der Waals surface area contributed by atoms with E-state index in [1.807, 2.05) is 12.1 Å². The summed E-state index contributed by atoms with van der Waals surface area (Å²) in [5, 5.41) is 6.50. The second kappa shape index (κ2) is 6.06. The van der Waals surface area contributed by atoms with Gasteiger partial charge in [0.25, 0.3) is 0 Å². The lowest BCUT2D eigenvalue weighted by molar-refractivity contribution is -0.125. The molecule has 0 spiro atoms. The van der Waals surface area contributed by atoms with Crippen molar-refractivity contribution >= 4 is 5.91 Å². The zero-order valence-corrected chi connectivity index (χ0v) is 14.1. The van der Waals surface area contributed by atoms with Gasteiger partial charge in [-0.05, 0) is 54.5 Å². The van der Waals surface area contributed by atoms with Gasteiger partial charge in [-0.3, -0.25) is 4.79 Å². The van der Waals surface area contributed by atoms with Crippen molar-refractivity contribution in [3.8, 4) is 11.1 Å². The van der Waals surface area contributed by atoms with Crippen molar-refractivity contribution in [3.05, 3.63) is 59.7 Å². The summed E-state index contributed by atoms with van der Waals surface area (Å²) >= 11 is 0. The number of amides is 1. The molecule has 2 aliphatic rings. The summed E-state index contributed by atoms with van der Waals surface area (Å²) in [6.07, 6.45) is 4.42. The number of benzene rings is 2. The summed E-state index contributed by atoms with van der Waals surface area (Å²) in [5.41, 5.74) is 4.14. The number of hydrogen-bond acceptors (Lipinski definition) is 2. The predicted octanol–water partition coefficient (Wildman–Crippen LogP) is 3.23. The molecule has 0 radical (unpaired) electrons. The molecule has 3 nitrogen and oxygen atoms in total. The average molecular weight is 320 g/mol. The summed E-state index contributed by atoms with van der Waals surface area (Å²) in [6, 6.07) is 17.5. The van der Waals surface area contributed by atoms with Crippen LogP contribution >= 0.6 is 0 Å². The summed E-state index contributed by atoms with van der Waals surface area (Å²) in [4.78, 5) is 13.1. The Morgan fingerprint density at radius 3 is 2.17 bits per heavy atom. The second-order valence-corrected chi connectivity index (χ2v) is 6.91. The van der Waals surface area contributed by atoms with E-state index in [1.165, 1.54) is 24.0 Å². The minimum Gasteiger partial charge on any atom is -0.358 e. The van der Waals surface area contributed by atoms with Gasteiger partial charge in [-0.1, -0.05) is 48.5 Å². The van der Waals surface area contributed by atoms with Crippen LogP contribution in [0, 0.1) is 0 Å². The first-order valence-electron chi connectivity index (χ1n) is 8.92. The number of carbonyl (C=O) groups is 1. The highest BCUT2D eigenvalue weighted by atomic mass is 16.2. The minimum absolute atomic E-state index is 0.103. The Labute approximate surface area is 143 Å². The van der Waals surface area contributed by atoms with E-state index in [1.54, 1.807) is 7.05 Å². The topological polar surface area (TPSA) is 41.1 Å². The van der Waals surface area contributed by atoms with Gasteiger partial charge in [0, 0.05) is 13.1 Å². The highest BCUT2D eigenvalue weighted by Gasteiger charge is 2.47. The molecule has 24 heavy (non-hydrogen) atoms. The molecule has 0 atom stereocenters. The van der Waals surface area contributed by atoms with Crippen LogP contribution in [-0.4, -0.2) is 25.5 Å². The number of likely N-dealkylation sites (N-methyl/N-ethyl adjacent to an activating group) is 1. The lowest BCUT2D eigenvalue weighted by Gasteiger charge is -2.30. The van der Waals surface area contributed by atoms with E-state index in [0.717, 1.165) is 30.5 Å². The molecule has 0 aromatic heterocycles. The number of nitrogens with one attached hydrogen (secondary N) is 2. The van der Waals surface area contributed by atoms with E-state index in [0.29, 0.717) is 6.04 Å². The Hall–Kier alpha value is -2.13. The molecular weight excluding hydrogens is 296 g/mol. The average Bonchev–Trinajstić information content (AvgIpc) is 3.42. The molecule has 0 saturated heterocycles. The molecule has 4 rings (SSSR count). The lowest BCUT2D eigenvalue weighted by Crippen LogP contribution is -2.43. The first kappa shape index (κ1) is 15.4. The number of rotatable bonds is 6. The molecular formula is C21H24N2O. The van der Waals surface area contributed by atoms with Gasteiger partial charge in [-0.15, -0.1) is 0 Å².